The minimum atomic E-state index is 0.167. The summed E-state index contributed by atoms with van der Waals surface area (Å²) in [6.07, 6.45) is 17.9. The van der Waals surface area contributed by atoms with Gasteiger partial charge in [-0.3, -0.25) is 0 Å². The van der Waals surface area contributed by atoms with Crippen molar-refractivity contribution in [3.8, 4) is 18.1 Å². The third kappa shape index (κ3) is 8.39. The van der Waals surface area contributed by atoms with E-state index in [4.69, 9.17) is 26.0 Å². The van der Waals surface area contributed by atoms with E-state index in [1.165, 1.54) is 6.08 Å². The molecule has 1 aromatic carbocycles. The van der Waals surface area contributed by atoms with Crippen molar-refractivity contribution in [1.29, 1.82) is 0 Å². The van der Waals surface area contributed by atoms with Crippen LogP contribution in [0.2, 0.25) is 0 Å². The van der Waals surface area contributed by atoms with Crippen LogP contribution in [0.1, 0.15) is 38.2 Å². The van der Waals surface area contributed by atoms with Gasteiger partial charge in [0, 0.05) is 36.7 Å². The molecule has 0 amide bonds. The van der Waals surface area contributed by atoms with Crippen molar-refractivity contribution in [3.05, 3.63) is 58.1 Å². The molecule has 9 nitrogen and oxygen atoms in total. The molecule has 1 unspecified atom stereocenters. The highest BCUT2D eigenvalue weighted by atomic mass is 16.6. The zero-order chi connectivity index (χ0) is 27.3. The maximum absolute atomic E-state index is 9.94. The molecule has 4 N–H and O–H groups in total. The zero-order valence-corrected chi connectivity index (χ0v) is 22.4. The lowest BCUT2D eigenvalue weighted by Crippen LogP contribution is -2.34. The molecule has 1 fully saturated rings. The van der Waals surface area contributed by atoms with Gasteiger partial charge in [0.2, 0.25) is 5.82 Å². The largest absolute Gasteiger partial charge is 0.497 e. The number of hydrogen-bond donors (Lipinski definition) is 4. The summed E-state index contributed by atoms with van der Waals surface area (Å²) in [6.45, 7) is 4.93. The highest BCUT2D eigenvalue weighted by Crippen LogP contribution is 2.25. The van der Waals surface area contributed by atoms with Crippen molar-refractivity contribution in [2.45, 2.75) is 45.6 Å². The summed E-state index contributed by atoms with van der Waals surface area (Å²) in [5.41, 5.74) is 5.69. The maximum atomic E-state index is 9.94. The van der Waals surface area contributed by atoms with Crippen LogP contribution in [0.5, 0.6) is 5.75 Å². The van der Waals surface area contributed by atoms with E-state index in [1.807, 2.05) is 39.1 Å². The summed E-state index contributed by atoms with van der Waals surface area (Å²) in [5.74, 6) is 4.68. The Morgan fingerprint density at radius 3 is 2.50 bits per heavy atom. The molecule has 200 valence electrons. The average molecular weight is 517 g/mol. The maximum Gasteiger partial charge on any atom is 0.204 e. The van der Waals surface area contributed by atoms with Crippen LogP contribution < -0.4 is 36.9 Å². The monoisotopic (exact) mass is 516 g/mol. The first-order valence-electron chi connectivity index (χ1n) is 12.6. The van der Waals surface area contributed by atoms with E-state index in [2.05, 4.69) is 39.5 Å². The summed E-state index contributed by atoms with van der Waals surface area (Å²) < 4.78 is 5.38. The second-order valence-corrected chi connectivity index (χ2v) is 8.87. The number of anilines is 3. The predicted octanol–water partition coefficient (Wildman–Crippen LogP) is 2.81. The number of aryl methyl sites for hydroxylation is 1. The number of hydrogen-bond acceptors (Lipinski definition) is 9. The van der Waals surface area contributed by atoms with Gasteiger partial charge in [-0.1, -0.05) is 18.1 Å². The summed E-state index contributed by atoms with van der Waals surface area (Å²) in [5, 5.41) is 11.1. The second kappa shape index (κ2) is 14.4. The smallest absolute Gasteiger partial charge is 0.204 e. The van der Waals surface area contributed by atoms with Gasteiger partial charge < -0.3 is 30.3 Å². The lowest BCUT2D eigenvalue weighted by molar-refractivity contribution is -0.109. The van der Waals surface area contributed by atoms with Gasteiger partial charge in [-0.25, -0.2) is 15.4 Å². The molecular weight excluding hydrogens is 480 g/mol. The van der Waals surface area contributed by atoms with E-state index in [-0.39, 0.29) is 6.04 Å². The first-order chi connectivity index (χ1) is 18.4. The van der Waals surface area contributed by atoms with Crippen LogP contribution in [0.15, 0.2) is 41.8 Å². The topological polar surface area (TPSA) is 109 Å². The first kappa shape index (κ1) is 28.3. The van der Waals surface area contributed by atoms with Gasteiger partial charge >= 0.3 is 0 Å². The molecule has 0 bridgehead atoms. The number of benzene rings is 1. The van der Waals surface area contributed by atoms with Crippen LogP contribution in [0, 0.1) is 19.3 Å². The van der Waals surface area contributed by atoms with Crippen LogP contribution in [0.25, 0.3) is 12.2 Å². The Kier molecular flexibility index (Phi) is 10.8. The SMILES string of the molecule is C#C/C=C(\C=C(/C)NC)ONc1nc2c(nc1Nc1cc(C)cc(OC)c1)=CCCC=2.O=CC1CCCN1. The van der Waals surface area contributed by atoms with Crippen molar-refractivity contribution in [2.24, 2.45) is 0 Å². The fourth-order valence-electron chi connectivity index (χ4n) is 3.84. The van der Waals surface area contributed by atoms with E-state index in [9.17, 15) is 4.79 Å². The Balaban J connectivity index is 0.000000494. The van der Waals surface area contributed by atoms with E-state index >= 15 is 0 Å². The highest BCUT2D eigenvalue weighted by molar-refractivity contribution is 5.68. The number of allylic oxidation sites excluding steroid dienone is 3. The minimum Gasteiger partial charge on any atom is -0.497 e. The molecule has 38 heavy (non-hydrogen) atoms. The quantitative estimate of drug-likeness (QED) is 0.132. The second-order valence-electron chi connectivity index (χ2n) is 8.87. The summed E-state index contributed by atoms with van der Waals surface area (Å²) in [7, 11) is 3.47. The van der Waals surface area contributed by atoms with Crippen molar-refractivity contribution >= 4 is 35.8 Å². The van der Waals surface area contributed by atoms with Gasteiger partial charge in [-0.05, 0) is 63.8 Å². The molecule has 0 saturated carbocycles. The zero-order valence-electron chi connectivity index (χ0n) is 22.4. The number of rotatable bonds is 9. The number of nitrogens with one attached hydrogen (secondary N) is 4. The summed E-state index contributed by atoms with van der Waals surface area (Å²) in [4.78, 5) is 25.2. The Bertz CT molecular complexity index is 1340. The first-order valence-corrected chi connectivity index (χ1v) is 12.6. The van der Waals surface area contributed by atoms with E-state index in [1.54, 1.807) is 13.2 Å². The number of terminal acetylenes is 1. The van der Waals surface area contributed by atoms with E-state index < -0.39 is 0 Å². The van der Waals surface area contributed by atoms with Crippen molar-refractivity contribution in [1.82, 2.24) is 20.6 Å². The number of fused-ring (bicyclic) bond motifs is 1. The molecule has 0 spiro atoms. The van der Waals surface area contributed by atoms with Gasteiger partial charge in [-0.2, -0.15) is 0 Å². The molecule has 2 aliphatic rings. The molecule has 2 heterocycles. The van der Waals surface area contributed by atoms with Crippen molar-refractivity contribution < 1.29 is 14.4 Å². The fourth-order valence-corrected chi connectivity index (χ4v) is 3.84. The van der Waals surface area contributed by atoms with Crippen LogP contribution in [-0.4, -0.2) is 43.0 Å². The molecule has 0 radical (unpaired) electrons. The molecule has 1 aliphatic heterocycles. The van der Waals surface area contributed by atoms with E-state index in [0.29, 0.717) is 17.4 Å². The minimum absolute atomic E-state index is 0.167. The Hall–Kier alpha value is -4.29. The molecule has 1 atom stereocenters. The van der Waals surface area contributed by atoms with Gasteiger partial charge in [0.1, 0.15) is 12.0 Å². The van der Waals surface area contributed by atoms with Gasteiger partial charge in [0.15, 0.2) is 11.6 Å². The third-order valence-corrected chi connectivity index (χ3v) is 5.85. The molecule has 2 aromatic rings. The van der Waals surface area contributed by atoms with Crippen molar-refractivity contribution in [2.75, 3.05) is 31.5 Å². The number of aromatic nitrogens is 2. The Morgan fingerprint density at radius 1 is 1.18 bits per heavy atom. The highest BCUT2D eigenvalue weighted by Gasteiger charge is 2.12. The fraction of sp³-hybridized carbons (Fsp3) is 0.345. The lowest BCUT2D eigenvalue weighted by atomic mass is 10.2. The summed E-state index contributed by atoms with van der Waals surface area (Å²) in [6, 6.07) is 6.03. The number of ether oxygens (including phenoxy) is 1. The van der Waals surface area contributed by atoms with Gasteiger partial charge in [0.05, 0.1) is 23.8 Å². The summed E-state index contributed by atoms with van der Waals surface area (Å²) >= 11 is 0. The predicted molar refractivity (Wildman–Crippen MR) is 152 cm³/mol. The van der Waals surface area contributed by atoms with Crippen LogP contribution in [0.4, 0.5) is 17.3 Å². The number of methoxy groups -OCH3 is 1. The van der Waals surface area contributed by atoms with Gasteiger partial charge in [-0.15, -0.1) is 6.42 Å². The van der Waals surface area contributed by atoms with Crippen LogP contribution in [0.3, 0.4) is 0 Å². The third-order valence-electron chi connectivity index (χ3n) is 5.85. The number of carbonyl (C=O) groups is 1. The lowest BCUT2D eigenvalue weighted by Gasteiger charge is -2.15. The molecule has 4 rings (SSSR count). The van der Waals surface area contributed by atoms with Crippen LogP contribution >= 0.6 is 0 Å². The Labute approximate surface area is 224 Å². The standard InChI is InChI=1S/C24H27N5O2.C5H9NO/c1-6-9-19(14-17(3)25-4)31-29-24-23(27-21-10-7-8-11-22(21)28-24)26-18-12-16(2)13-20(15-18)30-5;7-4-5-2-1-3-6-5/h1,9-15,25H,7-8H2,2-5H3,(H,26,27)(H,28,29);4-6H,1-3H2/b17-14+,19-9+;. The molecule has 1 aliphatic carbocycles. The van der Waals surface area contributed by atoms with Crippen LogP contribution in [-0.2, 0) is 9.63 Å². The molecule has 1 saturated heterocycles. The molecule has 1 aromatic heterocycles. The number of nitrogens with zero attached hydrogens (tertiary/aromatic N) is 2. The normalized spacial score (nSPS) is 16.3. The van der Waals surface area contributed by atoms with Gasteiger partial charge in [0.25, 0.3) is 0 Å². The molecule has 9 heteroatoms. The van der Waals surface area contributed by atoms with E-state index in [0.717, 1.165) is 71.9 Å². The van der Waals surface area contributed by atoms with Crippen molar-refractivity contribution in [3.63, 3.8) is 0 Å². The molecular formula is C29H36N6O3. The average Bonchev–Trinajstić information content (AvgIpc) is 3.46. The Morgan fingerprint density at radius 2 is 1.92 bits per heavy atom. The number of aldehydes is 1. The number of carbonyl (C=O) groups excluding carboxylic acids is 1.